The smallest absolute Gasteiger partial charge is 0.0686 e. The quantitative estimate of drug-likeness (QED) is 0.616. The standard InChI is InChI=1S/C11H20O/c1-3-9(2)10-7-11(12-8-10)5-4-6-11/h9-10H,3-8H2,1-2H3. The van der Waals surface area contributed by atoms with Crippen molar-refractivity contribution in [1.29, 1.82) is 0 Å². The number of rotatable bonds is 2. The molecule has 2 rings (SSSR count). The molecule has 0 bridgehead atoms. The van der Waals surface area contributed by atoms with Gasteiger partial charge in [-0.05, 0) is 37.5 Å². The van der Waals surface area contributed by atoms with Crippen LogP contribution in [0.2, 0.25) is 0 Å². The van der Waals surface area contributed by atoms with E-state index >= 15 is 0 Å². The molecule has 1 heteroatoms. The predicted octanol–water partition coefficient (Wildman–Crippen LogP) is 2.99. The van der Waals surface area contributed by atoms with Crippen molar-refractivity contribution < 1.29 is 4.74 Å². The van der Waals surface area contributed by atoms with Crippen molar-refractivity contribution in [2.45, 2.75) is 51.6 Å². The summed E-state index contributed by atoms with van der Waals surface area (Å²) in [6.07, 6.45) is 6.72. The van der Waals surface area contributed by atoms with Gasteiger partial charge in [-0.15, -0.1) is 0 Å². The van der Waals surface area contributed by atoms with Crippen LogP contribution in [-0.4, -0.2) is 12.2 Å². The average molecular weight is 168 g/mol. The fourth-order valence-electron chi connectivity index (χ4n) is 2.50. The summed E-state index contributed by atoms with van der Waals surface area (Å²) in [7, 11) is 0. The highest BCUT2D eigenvalue weighted by Gasteiger charge is 2.45. The van der Waals surface area contributed by atoms with Gasteiger partial charge in [0.2, 0.25) is 0 Å². The molecule has 0 aromatic heterocycles. The van der Waals surface area contributed by atoms with Gasteiger partial charge in [0, 0.05) is 0 Å². The molecule has 0 amide bonds. The van der Waals surface area contributed by atoms with E-state index in [4.69, 9.17) is 4.74 Å². The summed E-state index contributed by atoms with van der Waals surface area (Å²) in [6.45, 7) is 5.69. The van der Waals surface area contributed by atoms with E-state index in [0.717, 1.165) is 18.4 Å². The van der Waals surface area contributed by atoms with E-state index in [1.165, 1.54) is 32.1 Å². The first-order chi connectivity index (χ1) is 5.76. The van der Waals surface area contributed by atoms with Crippen LogP contribution < -0.4 is 0 Å². The molecule has 12 heavy (non-hydrogen) atoms. The fraction of sp³-hybridized carbons (Fsp3) is 1.00. The maximum Gasteiger partial charge on any atom is 0.0686 e. The van der Waals surface area contributed by atoms with E-state index in [9.17, 15) is 0 Å². The van der Waals surface area contributed by atoms with Crippen LogP contribution in [0.4, 0.5) is 0 Å². The van der Waals surface area contributed by atoms with Crippen LogP contribution in [0.1, 0.15) is 46.0 Å². The molecule has 70 valence electrons. The van der Waals surface area contributed by atoms with Crippen molar-refractivity contribution in [3.05, 3.63) is 0 Å². The highest BCUT2D eigenvalue weighted by molar-refractivity contribution is 4.96. The Balaban J connectivity index is 1.89. The van der Waals surface area contributed by atoms with Gasteiger partial charge in [-0.1, -0.05) is 20.3 Å². The molecule has 1 aliphatic heterocycles. The van der Waals surface area contributed by atoms with Gasteiger partial charge >= 0.3 is 0 Å². The second-order valence-electron chi connectivity index (χ2n) is 4.70. The summed E-state index contributed by atoms with van der Waals surface area (Å²) >= 11 is 0. The maximum atomic E-state index is 5.91. The van der Waals surface area contributed by atoms with Crippen LogP contribution in [0, 0.1) is 11.8 Å². The van der Waals surface area contributed by atoms with Gasteiger partial charge in [-0.25, -0.2) is 0 Å². The van der Waals surface area contributed by atoms with Gasteiger partial charge < -0.3 is 4.74 Å². The van der Waals surface area contributed by atoms with Gasteiger partial charge in [0.15, 0.2) is 0 Å². The lowest BCUT2D eigenvalue weighted by atomic mass is 9.74. The van der Waals surface area contributed by atoms with Crippen molar-refractivity contribution in [2.24, 2.45) is 11.8 Å². The summed E-state index contributed by atoms with van der Waals surface area (Å²) in [5, 5.41) is 0. The molecule has 1 saturated carbocycles. The first-order valence-corrected chi connectivity index (χ1v) is 5.40. The number of hydrogen-bond donors (Lipinski definition) is 0. The van der Waals surface area contributed by atoms with Crippen molar-refractivity contribution in [3.63, 3.8) is 0 Å². The molecule has 2 aliphatic rings. The molecule has 2 unspecified atom stereocenters. The Hall–Kier alpha value is -0.0400. The van der Waals surface area contributed by atoms with Crippen LogP contribution >= 0.6 is 0 Å². The monoisotopic (exact) mass is 168 g/mol. The Morgan fingerprint density at radius 3 is 2.67 bits per heavy atom. The fourth-order valence-corrected chi connectivity index (χ4v) is 2.50. The van der Waals surface area contributed by atoms with Crippen molar-refractivity contribution in [2.75, 3.05) is 6.61 Å². The average Bonchev–Trinajstić information content (AvgIpc) is 2.46. The summed E-state index contributed by atoms with van der Waals surface area (Å²) in [5.74, 6) is 1.72. The minimum atomic E-state index is 0.369. The van der Waals surface area contributed by atoms with E-state index in [1.54, 1.807) is 0 Å². The Labute approximate surface area is 75.5 Å². The normalized spacial score (nSPS) is 35.0. The minimum absolute atomic E-state index is 0.369. The van der Waals surface area contributed by atoms with Crippen molar-refractivity contribution in [1.82, 2.24) is 0 Å². The van der Waals surface area contributed by atoms with Crippen LogP contribution in [0.3, 0.4) is 0 Å². The molecule has 0 radical (unpaired) electrons. The Bertz CT molecular complexity index is 160. The molecular weight excluding hydrogens is 148 g/mol. The molecular formula is C11H20O. The second kappa shape index (κ2) is 3.02. The van der Waals surface area contributed by atoms with E-state index < -0.39 is 0 Å². The molecule has 0 aromatic carbocycles. The lowest BCUT2D eigenvalue weighted by Gasteiger charge is -2.37. The molecule has 0 N–H and O–H groups in total. The Morgan fingerprint density at radius 2 is 2.25 bits per heavy atom. The summed E-state index contributed by atoms with van der Waals surface area (Å²) in [4.78, 5) is 0. The minimum Gasteiger partial charge on any atom is -0.375 e. The predicted molar refractivity (Wildman–Crippen MR) is 50.1 cm³/mol. The lowest BCUT2D eigenvalue weighted by molar-refractivity contribution is -0.0565. The highest BCUT2D eigenvalue weighted by atomic mass is 16.5. The van der Waals surface area contributed by atoms with Gasteiger partial charge in [-0.3, -0.25) is 0 Å². The summed E-state index contributed by atoms with van der Waals surface area (Å²) in [5.41, 5.74) is 0.369. The maximum absolute atomic E-state index is 5.91. The van der Waals surface area contributed by atoms with Crippen LogP contribution in [-0.2, 0) is 4.74 Å². The van der Waals surface area contributed by atoms with Gasteiger partial charge in [0.25, 0.3) is 0 Å². The zero-order chi connectivity index (χ0) is 8.60. The highest BCUT2D eigenvalue weighted by Crippen LogP contribution is 2.47. The van der Waals surface area contributed by atoms with Gasteiger partial charge in [0.1, 0.15) is 0 Å². The molecule has 1 spiro atoms. The van der Waals surface area contributed by atoms with E-state index in [0.29, 0.717) is 5.60 Å². The molecule has 2 atom stereocenters. The van der Waals surface area contributed by atoms with E-state index in [-0.39, 0.29) is 0 Å². The van der Waals surface area contributed by atoms with Gasteiger partial charge in [-0.2, -0.15) is 0 Å². The van der Waals surface area contributed by atoms with Crippen molar-refractivity contribution >= 4 is 0 Å². The molecule has 2 fully saturated rings. The molecule has 0 aromatic rings. The van der Waals surface area contributed by atoms with Gasteiger partial charge in [0.05, 0.1) is 12.2 Å². The number of hydrogen-bond acceptors (Lipinski definition) is 1. The zero-order valence-electron chi connectivity index (χ0n) is 8.31. The van der Waals surface area contributed by atoms with Crippen LogP contribution in [0.25, 0.3) is 0 Å². The third-order valence-corrected chi connectivity index (χ3v) is 3.95. The van der Waals surface area contributed by atoms with Crippen molar-refractivity contribution in [3.8, 4) is 0 Å². The first-order valence-electron chi connectivity index (χ1n) is 5.40. The molecule has 1 saturated heterocycles. The molecule has 1 heterocycles. The SMILES string of the molecule is CCC(C)C1COC2(CCC2)C1. The third kappa shape index (κ3) is 1.28. The zero-order valence-corrected chi connectivity index (χ0v) is 8.31. The lowest BCUT2D eigenvalue weighted by Crippen LogP contribution is -2.36. The largest absolute Gasteiger partial charge is 0.375 e. The Kier molecular flexibility index (Phi) is 2.16. The third-order valence-electron chi connectivity index (χ3n) is 3.95. The summed E-state index contributed by atoms with van der Waals surface area (Å²) < 4.78 is 5.91. The topological polar surface area (TPSA) is 9.23 Å². The first kappa shape index (κ1) is 8.55. The molecule has 1 nitrogen and oxygen atoms in total. The van der Waals surface area contributed by atoms with E-state index in [1.807, 2.05) is 0 Å². The Morgan fingerprint density at radius 1 is 1.50 bits per heavy atom. The molecule has 1 aliphatic carbocycles. The van der Waals surface area contributed by atoms with Crippen LogP contribution in [0.5, 0.6) is 0 Å². The second-order valence-corrected chi connectivity index (χ2v) is 4.70. The van der Waals surface area contributed by atoms with E-state index in [2.05, 4.69) is 13.8 Å². The van der Waals surface area contributed by atoms with Crippen LogP contribution in [0.15, 0.2) is 0 Å². The number of ether oxygens (including phenoxy) is 1. The summed E-state index contributed by atoms with van der Waals surface area (Å²) in [6, 6.07) is 0.